The van der Waals surface area contributed by atoms with Gasteiger partial charge < -0.3 is 10.6 Å². The van der Waals surface area contributed by atoms with E-state index in [0.717, 1.165) is 16.9 Å². The van der Waals surface area contributed by atoms with Gasteiger partial charge in [-0.05, 0) is 31.2 Å². The molecule has 0 saturated heterocycles. The van der Waals surface area contributed by atoms with Crippen LogP contribution in [0.3, 0.4) is 0 Å². The van der Waals surface area contributed by atoms with Gasteiger partial charge in [-0.2, -0.15) is 5.10 Å². The average molecular weight is 301 g/mol. The first-order valence-electron chi connectivity index (χ1n) is 7.00. The molecule has 0 aliphatic heterocycles. The van der Waals surface area contributed by atoms with Gasteiger partial charge in [-0.25, -0.2) is 9.07 Å². The van der Waals surface area contributed by atoms with Crippen molar-refractivity contribution in [3.63, 3.8) is 0 Å². The first kappa shape index (κ1) is 15.8. The van der Waals surface area contributed by atoms with Gasteiger partial charge in [0.15, 0.2) is 5.96 Å². The molecule has 0 aliphatic carbocycles. The van der Waals surface area contributed by atoms with Crippen molar-refractivity contribution in [1.29, 1.82) is 0 Å². The minimum absolute atomic E-state index is 0.258. The Hall–Kier alpha value is -2.63. The summed E-state index contributed by atoms with van der Waals surface area (Å²) in [6.45, 7) is 6.85. The summed E-state index contributed by atoms with van der Waals surface area (Å²) in [5.74, 6) is 0.445. The highest BCUT2D eigenvalue weighted by Gasteiger charge is 2.07. The topological polar surface area (TPSA) is 54.2 Å². The van der Waals surface area contributed by atoms with Crippen LogP contribution in [0, 0.1) is 12.7 Å². The molecule has 0 unspecified atom stereocenters. The number of rotatable bonds is 5. The lowest BCUT2D eigenvalue weighted by atomic mass is 10.2. The first-order chi connectivity index (χ1) is 10.6. The third kappa shape index (κ3) is 3.94. The molecule has 1 heterocycles. The summed E-state index contributed by atoms with van der Waals surface area (Å²) < 4.78 is 14.7. The van der Waals surface area contributed by atoms with Crippen molar-refractivity contribution >= 4 is 5.96 Å². The van der Waals surface area contributed by atoms with E-state index in [2.05, 4.69) is 27.3 Å². The Balaban J connectivity index is 2.06. The monoisotopic (exact) mass is 301 g/mol. The molecule has 0 aliphatic rings. The Bertz CT molecular complexity index is 658. The molecule has 6 heteroatoms. The molecule has 0 atom stereocenters. The van der Waals surface area contributed by atoms with Crippen LogP contribution in [0.15, 0.2) is 48.1 Å². The first-order valence-corrected chi connectivity index (χ1v) is 7.00. The summed E-state index contributed by atoms with van der Waals surface area (Å²) in [7, 11) is 1.72. The Morgan fingerprint density at radius 3 is 2.73 bits per heavy atom. The number of halogens is 1. The number of aliphatic imine (C=N–C) groups is 1. The van der Waals surface area contributed by atoms with Crippen LogP contribution in [0.2, 0.25) is 0 Å². The van der Waals surface area contributed by atoms with Crippen LogP contribution in [-0.4, -0.2) is 29.3 Å². The zero-order valence-electron chi connectivity index (χ0n) is 12.8. The van der Waals surface area contributed by atoms with Crippen LogP contribution in [-0.2, 0) is 6.54 Å². The third-order valence-electron chi connectivity index (χ3n) is 3.18. The number of aryl methyl sites for hydroxylation is 1. The number of guanidine groups is 1. The smallest absolute Gasteiger partial charge is 0.191 e. The minimum Gasteiger partial charge on any atom is -0.353 e. The maximum atomic E-state index is 13.0. The molecule has 0 saturated carbocycles. The molecule has 0 radical (unpaired) electrons. The lowest BCUT2D eigenvalue weighted by Crippen LogP contribution is -2.36. The zero-order valence-corrected chi connectivity index (χ0v) is 12.8. The number of benzene rings is 1. The summed E-state index contributed by atoms with van der Waals surface area (Å²) >= 11 is 0. The molecule has 0 bridgehead atoms. The van der Waals surface area contributed by atoms with Gasteiger partial charge in [-0.3, -0.25) is 4.99 Å². The standard InChI is InChI=1S/C16H20FN5/c1-4-9-19-16(18-3)20-10-13-11-22(21-12(13)2)15-7-5-14(17)6-8-15/h4-8,11H,1,9-10H2,2-3H3,(H2,18,19,20). The maximum absolute atomic E-state index is 13.0. The van der Waals surface area contributed by atoms with Crippen LogP contribution in [0.4, 0.5) is 4.39 Å². The fourth-order valence-electron chi connectivity index (χ4n) is 1.96. The highest BCUT2D eigenvalue weighted by molar-refractivity contribution is 5.79. The Morgan fingerprint density at radius 2 is 2.09 bits per heavy atom. The van der Waals surface area contributed by atoms with Crippen molar-refractivity contribution < 1.29 is 4.39 Å². The predicted octanol–water partition coefficient (Wildman–Crippen LogP) is 2.17. The van der Waals surface area contributed by atoms with Gasteiger partial charge in [0.25, 0.3) is 0 Å². The van der Waals surface area contributed by atoms with Gasteiger partial charge in [0, 0.05) is 31.9 Å². The number of aromatic nitrogens is 2. The summed E-state index contributed by atoms with van der Waals surface area (Å²) in [6.07, 6.45) is 3.70. The summed E-state index contributed by atoms with van der Waals surface area (Å²) in [6, 6.07) is 6.24. The Morgan fingerprint density at radius 1 is 1.36 bits per heavy atom. The fourth-order valence-corrected chi connectivity index (χ4v) is 1.96. The molecule has 0 spiro atoms. The van der Waals surface area contributed by atoms with E-state index < -0.39 is 0 Å². The van der Waals surface area contributed by atoms with E-state index in [9.17, 15) is 4.39 Å². The van der Waals surface area contributed by atoms with E-state index in [1.807, 2.05) is 13.1 Å². The SMILES string of the molecule is C=CCNC(=NC)NCc1cn(-c2ccc(F)cc2)nc1C. The molecule has 116 valence electrons. The average Bonchev–Trinajstić information content (AvgIpc) is 2.89. The predicted molar refractivity (Wildman–Crippen MR) is 86.7 cm³/mol. The largest absolute Gasteiger partial charge is 0.353 e. The van der Waals surface area contributed by atoms with Crippen LogP contribution in [0.1, 0.15) is 11.3 Å². The zero-order chi connectivity index (χ0) is 15.9. The quantitative estimate of drug-likeness (QED) is 0.505. The lowest BCUT2D eigenvalue weighted by Gasteiger charge is -2.09. The van der Waals surface area contributed by atoms with Gasteiger partial charge in [0.05, 0.1) is 11.4 Å². The normalized spacial score (nSPS) is 11.3. The van der Waals surface area contributed by atoms with E-state index in [1.165, 1.54) is 12.1 Å². The summed E-state index contributed by atoms with van der Waals surface area (Å²) in [5, 5.41) is 10.8. The Kier molecular flexibility index (Phi) is 5.30. The second-order valence-corrected chi connectivity index (χ2v) is 4.76. The maximum Gasteiger partial charge on any atom is 0.191 e. The molecule has 0 fully saturated rings. The van der Waals surface area contributed by atoms with E-state index in [-0.39, 0.29) is 5.82 Å². The minimum atomic E-state index is -0.258. The molecule has 2 N–H and O–H groups in total. The number of hydrogen-bond acceptors (Lipinski definition) is 2. The van der Waals surface area contributed by atoms with E-state index in [4.69, 9.17) is 0 Å². The molecule has 5 nitrogen and oxygen atoms in total. The van der Waals surface area contributed by atoms with Gasteiger partial charge in [-0.15, -0.1) is 6.58 Å². The fraction of sp³-hybridized carbons (Fsp3) is 0.250. The third-order valence-corrected chi connectivity index (χ3v) is 3.18. The lowest BCUT2D eigenvalue weighted by molar-refractivity contribution is 0.627. The van der Waals surface area contributed by atoms with Crippen LogP contribution >= 0.6 is 0 Å². The van der Waals surface area contributed by atoms with Crippen molar-refractivity contribution in [2.75, 3.05) is 13.6 Å². The molecular formula is C16H20FN5. The van der Waals surface area contributed by atoms with Gasteiger partial charge >= 0.3 is 0 Å². The molecule has 0 amide bonds. The van der Waals surface area contributed by atoms with Crippen molar-refractivity contribution in [3.05, 3.63) is 60.2 Å². The van der Waals surface area contributed by atoms with Crippen molar-refractivity contribution in [1.82, 2.24) is 20.4 Å². The van der Waals surface area contributed by atoms with Crippen molar-refractivity contribution in [2.45, 2.75) is 13.5 Å². The second kappa shape index (κ2) is 7.40. The molecule has 2 aromatic rings. The highest BCUT2D eigenvalue weighted by Crippen LogP contribution is 2.12. The van der Waals surface area contributed by atoms with Crippen molar-refractivity contribution in [2.24, 2.45) is 4.99 Å². The van der Waals surface area contributed by atoms with E-state index in [0.29, 0.717) is 19.0 Å². The number of nitrogens with zero attached hydrogens (tertiary/aromatic N) is 3. The van der Waals surface area contributed by atoms with Crippen LogP contribution in [0.25, 0.3) is 5.69 Å². The highest BCUT2D eigenvalue weighted by atomic mass is 19.1. The molecular weight excluding hydrogens is 281 g/mol. The van der Waals surface area contributed by atoms with Gasteiger partial charge in [0.2, 0.25) is 0 Å². The number of hydrogen-bond donors (Lipinski definition) is 2. The van der Waals surface area contributed by atoms with Crippen LogP contribution in [0.5, 0.6) is 0 Å². The van der Waals surface area contributed by atoms with Gasteiger partial charge in [0.1, 0.15) is 5.82 Å². The summed E-state index contributed by atoms with van der Waals surface area (Å²) in [4.78, 5) is 4.12. The van der Waals surface area contributed by atoms with E-state index >= 15 is 0 Å². The molecule has 22 heavy (non-hydrogen) atoms. The summed E-state index contributed by atoms with van der Waals surface area (Å²) in [5.41, 5.74) is 2.78. The second-order valence-electron chi connectivity index (χ2n) is 4.76. The molecule has 1 aromatic carbocycles. The molecule has 2 rings (SSSR count). The van der Waals surface area contributed by atoms with E-state index in [1.54, 1.807) is 29.9 Å². The van der Waals surface area contributed by atoms with Crippen LogP contribution < -0.4 is 10.6 Å². The van der Waals surface area contributed by atoms with Crippen molar-refractivity contribution in [3.8, 4) is 5.69 Å². The molecule has 1 aromatic heterocycles. The van der Waals surface area contributed by atoms with Gasteiger partial charge in [-0.1, -0.05) is 6.08 Å². The number of nitrogens with one attached hydrogen (secondary N) is 2. The Labute approximate surface area is 129 Å².